The largest absolute Gasteiger partial charge is 0.370 e. The standard InChI is InChI=1S/C11H17FN2O2/c1-5-16-9(6(2)3)10-13-7(4)8(12)11(15)14-10/h6,9H,5H2,1-4H3,(H,13,14,15). The highest BCUT2D eigenvalue weighted by molar-refractivity contribution is 5.05. The second kappa shape index (κ2) is 5.21. The first-order valence-electron chi connectivity index (χ1n) is 5.35. The molecule has 5 heteroatoms. The Bertz CT molecular complexity index is 415. The number of nitrogens with one attached hydrogen (secondary N) is 1. The zero-order chi connectivity index (χ0) is 12.3. The zero-order valence-corrected chi connectivity index (χ0v) is 10.0. The SMILES string of the molecule is CCOC(c1nc(C)c(F)c(=O)[nH]1)C(C)C. The molecule has 0 saturated heterocycles. The van der Waals surface area contributed by atoms with E-state index in [1.165, 1.54) is 6.92 Å². The van der Waals surface area contributed by atoms with E-state index in [2.05, 4.69) is 9.97 Å². The van der Waals surface area contributed by atoms with Crippen LogP contribution in [0.5, 0.6) is 0 Å². The summed E-state index contributed by atoms with van der Waals surface area (Å²) < 4.78 is 18.6. The molecule has 0 amide bonds. The molecule has 0 aromatic carbocycles. The van der Waals surface area contributed by atoms with Gasteiger partial charge in [-0.25, -0.2) is 4.98 Å². The Morgan fingerprint density at radius 3 is 2.56 bits per heavy atom. The van der Waals surface area contributed by atoms with E-state index in [-0.39, 0.29) is 17.7 Å². The van der Waals surface area contributed by atoms with Crippen molar-refractivity contribution < 1.29 is 9.13 Å². The lowest BCUT2D eigenvalue weighted by Gasteiger charge is -2.19. The van der Waals surface area contributed by atoms with Crippen molar-refractivity contribution in [1.82, 2.24) is 9.97 Å². The van der Waals surface area contributed by atoms with Crippen LogP contribution in [-0.2, 0) is 4.74 Å². The highest BCUT2D eigenvalue weighted by Gasteiger charge is 2.20. The van der Waals surface area contributed by atoms with Gasteiger partial charge in [0.2, 0.25) is 5.82 Å². The number of aromatic nitrogens is 2. The quantitative estimate of drug-likeness (QED) is 0.857. The van der Waals surface area contributed by atoms with Gasteiger partial charge in [-0.05, 0) is 19.8 Å². The van der Waals surface area contributed by atoms with Gasteiger partial charge < -0.3 is 9.72 Å². The summed E-state index contributed by atoms with van der Waals surface area (Å²) in [5.74, 6) is -0.281. The molecule has 1 rings (SSSR count). The first kappa shape index (κ1) is 12.8. The Labute approximate surface area is 93.9 Å². The Balaban J connectivity index is 3.15. The molecule has 0 bridgehead atoms. The van der Waals surface area contributed by atoms with Crippen LogP contribution in [0.4, 0.5) is 4.39 Å². The molecule has 0 fully saturated rings. The van der Waals surface area contributed by atoms with Gasteiger partial charge in [0.05, 0.1) is 5.69 Å². The molecular weight excluding hydrogens is 211 g/mol. The van der Waals surface area contributed by atoms with Crippen LogP contribution >= 0.6 is 0 Å². The van der Waals surface area contributed by atoms with E-state index >= 15 is 0 Å². The van der Waals surface area contributed by atoms with Crippen LogP contribution < -0.4 is 5.56 Å². The minimum absolute atomic E-state index is 0.101. The van der Waals surface area contributed by atoms with Crippen molar-refractivity contribution >= 4 is 0 Å². The number of nitrogens with zero attached hydrogens (tertiary/aromatic N) is 1. The van der Waals surface area contributed by atoms with Crippen LogP contribution in [-0.4, -0.2) is 16.6 Å². The van der Waals surface area contributed by atoms with Gasteiger partial charge in [-0.1, -0.05) is 13.8 Å². The summed E-state index contributed by atoms with van der Waals surface area (Å²) in [4.78, 5) is 17.7. The Morgan fingerprint density at radius 2 is 2.12 bits per heavy atom. The molecule has 0 spiro atoms. The predicted molar refractivity (Wildman–Crippen MR) is 58.8 cm³/mol. The molecule has 1 N–H and O–H groups in total. The number of hydrogen-bond donors (Lipinski definition) is 1. The third-order valence-electron chi connectivity index (χ3n) is 2.27. The molecule has 1 heterocycles. The number of H-pyrrole nitrogens is 1. The second-order valence-corrected chi connectivity index (χ2v) is 3.97. The van der Waals surface area contributed by atoms with Gasteiger partial charge in [-0.15, -0.1) is 0 Å². The lowest BCUT2D eigenvalue weighted by molar-refractivity contribution is 0.0227. The van der Waals surface area contributed by atoms with Crippen LogP contribution in [0.3, 0.4) is 0 Å². The molecule has 1 unspecified atom stereocenters. The van der Waals surface area contributed by atoms with Crippen LogP contribution in [0.2, 0.25) is 0 Å². The number of hydrogen-bond acceptors (Lipinski definition) is 3. The molecule has 1 aromatic rings. The molecule has 0 aliphatic carbocycles. The first-order valence-corrected chi connectivity index (χ1v) is 5.35. The Hall–Kier alpha value is -1.23. The van der Waals surface area contributed by atoms with Gasteiger partial charge >= 0.3 is 0 Å². The normalized spacial score (nSPS) is 13.1. The van der Waals surface area contributed by atoms with Crippen LogP contribution in [0.25, 0.3) is 0 Å². The van der Waals surface area contributed by atoms with Crippen molar-refractivity contribution in [3.8, 4) is 0 Å². The monoisotopic (exact) mass is 228 g/mol. The third-order valence-corrected chi connectivity index (χ3v) is 2.27. The number of ether oxygens (including phenoxy) is 1. The molecule has 0 saturated carbocycles. The fourth-order valence-electron chi connectivity index (χ4n) is 1.49. The van der Waals surface area contributed by atoms with Gasteiger partial charge in [0.1, 0.15) is 11.9 Å². The lowest BCUT2D eigenvalue weighted by Crippen LogP contribution is -2.23. The van der Waals surface area contributed by atoms with Crippen LogP contribution in [0.15, 0.2) is 4.79 Å². The van der Waals surface area contributed by atoms with E-state index in [1.807, 2.05) is 20.8 Å². The summed E-state index contributed by atoms with van der Waals surface area (Å²) in [7, 11) is 0. The summed E-state index contributed by atoms with van der Waals surface area (Å²) in [6.07, 6.45) is -0.308. The molecular formula is C11H17FN2O2. The number of aryl methyl sites for hydroxylation is 1. The molecule has 0 aliphatic rings. The van der Waals surface area contributed by atoms with Crippen molar-refractivity contribution in [2.24, 2.45) is 5.92 Å². The molecule has 4 nitrogen and oxygen atoms in total. The fraction of sp³-hybridized carbons (Fsp3) is 0.636. The molecule has 0 aliphatic heterocycles. The summed E-state index contributed by atoms with van der Waals surface area (Å²) in [5.41, 5.74) is -0.642. The van der Waals surface area contributed by atoms with Crippen molar-refractivity contribution in [3.05, 3.63) is 27.7 Å². The fourth-order valence-corrected chi connectivity index (χ4v) is 1.49. The topological polar surface area (TPSA) is 55.0 Å². The highest BCUT2D eigenvalue weighted by Crippen LogP contribution is 2.22. The van der Waals surface area contributed by atoms with Gasteiger partial charge in [-0.2, -0.15) is 4.39 Å². The molecule has 16 heavy (non-hydrogen) atoms. The minimum atomic E-state index is -0.831. The van der Waals surface area contributed by atoms with E-state index in [4.69, 9.17) is 4.74 Å². The first-order chi connectivity index (χ1) is 7.47. The van der Waals surface area contributed by atoms with E-state index < -0.39 is 11.4 Å². The molecule has 0 radical (unpaired) electrons. The highest BCUT2D eigenvalue weighted by atomic mass is 19.1. The molecule has 90 valence electrons. The lowest BCUT2D eigenvalue weighted by atomic mass is 10.1. The summed E-state index contributed by atoms with van der Waals surface area (Å²) in [5, 5.41) is 0. The maximum absolute atomic E-state index is 13.1. The average molecular weight is 228 g/mol. The van der Waals surface area contributed by atoms with E-state index in [0.717, 1.165) is 0 Å². The van der Waals surface area contributed by atoms with E-state index in [0.29, 0.717) is 12.4 Å². The van der Waals surface area contributed by atoms with E-state index in [9.17, 15) is 9.18 Å². The minimum Gasteiger partial charge on any atom is -0.370 e. The van der Waals surface area contributed by atoms with Crippen LogP contribution in [0, 0.1) is 18.7 Å². The van der Waals surface area contributed by atoms with Crippen molar-refractivity contribution in [2.45, 2.75) is 33.8 Å². The van der Waals surface area contributed by atoms with E-state index in [1.54, 1.807) is 0 Å². The van der Waals surface area contributed by atoms with Gasteiger partial charge in [0.25, 0.3) is 5.56 Å². The van der Waals surface area contributed by atoms with Crippen molar-refractivity contribution in [2.75, 3.05) is 6.61 Å². The smallest absolute Gasteiger partial charge is 0.287 e. The number of halogens is 1. The number of rotatable bonds is 4. The number of aromatic amines is 1. The maximum atomic E-state index is 13.1. The van der Waals surface area contributed by atoms with Crippen molar-refractivity contribution in [1.29, 1.82) is 0 Å². The molecule has 1 atom stereocenters. The third kappa shape index (κ3) is 2.66. The zero-order valence-electron chi connectivity index (χ0n) is 10.0. The predicted octanol–water partition coefficient (Wildman–Crippen LogP) is 1.95. The maximum Gasteiger partial charge on any atom is 0.287 e. The van der Waals surface area contributed by atoms with Crippen LogP contribution in [0.1, 0.15) is 38.4 Å². The van der Waals surface area contributed by atoms with Crippen molar-refractivity contribution in [3.63, 3.8) is 0 Å². The van der Waals surface area contributed by atoms with Gasteiger partial charge in [0.15, 0.2) is 0 Å². The summed E-state index contributed by atoms with van der Waals surface area (Å²) in [6, 6.07) is 0. The summed E-state index contributed by atoms with van der Waals surface area (Å²) in [6.45, 7) is 7.77. The average Bonchev–Trinajstić information content (AvgIpc) is 2.21. The Morgan fingerprint density at radius 1 is 1.50 bits per heavy atom. The summed E-state index contributed by atoms with van der Waals surface area (Å²) >= 11 is 0. The van der Waals surface area contributed by atoms with Gasteiger partial charge in [-0.3, -0.25) is 4.79 Å². The second-order valence-electron chi connectivity index (χ2n) is 3.97. The molecule has 1 aromatic heterocycles. The van der Waals surface area contributed by atoms with Gasteiger partial charge in [0, 0.05) is 6.61 Å². The Kier molecular flexibility index (Phi) is 4.18.